The normalized spacial score (nSPS) is 10.8. The molecule has 0 amide bonds. The second-order valence-electron chi connectivity index (χ2n) is 4.08. The molecule has 0 saturated heterocycles. The fraction of sp³-hybridized carbons (Fsp3) is 0.643. The van der Waals surface area contributed by atoms with Crippen LogP contribution in [0.25, 0.3) is 0 Å². The molecule has 1 N–H and O–H groups in total. The molecular formula is C14H24N2O2. The van der Waals surface area contributed by atoms with E-state index < -0.39 is 0 Å². The maximum atomic E-state index is 5.46. The summed E-state index contributed by atoms with van der Waals surface area (Å²) in [5.74, 6) is 0. The standard InChI is InChI=1S/C14H24N2O2/c1-3-7-15-10-13-5-6-14(16-11-13)12-18-9-8-17-4-2/h5-6,11,15H,3-4,7-10,12H2,1-2H3. The van der Waals surface area contributed by atoms with E-state index in [4.69, 9.17) is 9.47 Å². The van der Waals surface area contributed by atoms with E-state index in [9.17, 15) is 0 Å². The van der Waals surface area contributed by atoms with E-state index in [1.807, 2.05) is 19.2 Å². The Hall–Kier alpha value is -0.970. The van der Waals surface area contributed by atoms with E-state index in [1.165, 1.54) is 5.56 Å². The Labute approximate surface area is 110 Å². The third-order valence-corrected chi connectivity index (χ3v) is 2.47. The van der Waals surface area contributed by atoms with Crippen LogP contribution in [0.4, 0.5) is 0 Å². The van der Waals surface area contributed by atoms with E-state index >= 15 is 0 Å². The Kier molecular flexibility index (Phi) is 8.38. The number of ether oxygens (including phenoxy) is 2. The molecule has 1 rings (SSSR count). The number of pyridine rings is 1. The van der Waals surface area contributed by atoms with Crippen molar-refractivity contribution in [2.45, 2.75) is 33.4 Å². The third kappa shape index (κ3) is 6.69. The van der Waals surface area contributed by atoms with Gasteiger partial charge in [-0.3, -0.25) is 4.98 Å². The summed E-state index contributed by atoms with van der Waals surface area (Å²) in [4.78, 5) is 4.37. The van der Waals surface area contributed by atoms with Crippen LogP contribution in [0.2, 0.25) is 0 Å². The zero-order valence-electron chi connectivity index (χ0n) is 11.4. The molecule has 0 aliphatic carbocycles. The zero-order valence-corrected chi connectivity index (χ0v) is 11.4. The van der Waals surface area contributed by atoms with Gasteiger partial charge in [0.05, 0.1) is 25.5 Å². The fourth-order valence-electron chi connectivity index (χ4n) is 1.49. The van der Waals surface area contributed by atoms with Gasteiger partial charge in [0.1, 0.15) is 0 Å². The molecule has 4 nitrogen and oxygen atoms in total. The third-order valence-electron chi connectivity index (χ3n) is 2.47. The topological polar surface area (TPSA) is 43.4 Å². The highest BCUT2D eigenvalue weighted by Crippen LogP contribution is 2.01. The van der Waals surface area contributed by atoms with Crippen molar-refractivity contribution in [1.82, 2.24) is 10.3 Å². The molecule has 1 aromatic rings. The first kappa shape index (κ1) is 15.1. The lowest BCUT2D eigenvalue weighted by Crippen LogP contribution is -2.14. The van der Waals surface area contributed by atoms with Gasteiger partial charge in [0.25, 0.3) is 0 Å². The maximum absolute atomic E-state index is 5.46. The van der Waals surface area contributed by atoms with Crippen molar-refractivity contribution in [3.05, 3.63) is 29.6 Å². The SMILES string of the molecule is CCCNCc1ccc(COCCOCC)nc1. The lowest BCUT2D eigenvalue weighted by atomic mass is 10.2. The van der Waals surface area contributed by atoms with Crippen molar-refractivity contribution in [2.24, 2.45) is 0 Å². The van der Waals surface area contributed by atoms with Gasteiger partial charge in [-0.15, -0.1) is 0 Å². The summed E-state index contributed by atoms with van der Waals surface area (Å²) in [6, 6.07) is 4.11. The van der Waals surface area contributed by atoms with E-state index in [0.29, 0.717) is 19.8 Å². The molecule has 18 heavy (non-hydrogen) atoms. The summed E-state index contributed by atoms with van der Waals surface area (Å²) in [7, 11) is 0. The van der Waals surface area contributed by atoms with Crippen molar-refractivity contribution >= 4 is 0 Å². The number of aromatic nitrogens is 1. The molecule has 0 radical (unpaired) electrons. The van der Waals surface area contributed by atoms with Gasteiger partial charge in [0.15, 0.2) is 0 Å². The molecule has 0 aliphatic heterocycles. The van der Waals surface area contributed by atoms with Crippen molar-refractivity contribution in [2.75, 3.05) is 26.4 Å². The highest BCUT2D eigenvalue weighted by molar-refractivity contribution is 5.13. The molecule has 0 aromatic carbocycles. The number of hydrogen-bond acceptors (Lipinski definition) is 4. The van der Waals surface area contributed by atoms with E-state index in [0.717, 1.165) is 31.8 Å². The quantitative estimate of drug-likeness (QED) is 0.648. The second-order valence-corrected chi connectivity index (χ2v) is 4.08. The molecule has 1 aromatic heterocycles. The minimum Gasteiger partial charge on any atom is -0.379 e. The van der Waals surface area contributed by atoms with Gasteiger partial charge in [0.2, 0.25) is 0 Å². The smallest absolute Gasteiger partial charge is 0.0889 e. The van der Waals surface area contributed by atoms with Crippen LogP contribution in [-0.4, -0.2) is 31.3 Å². The molecule has 0 saturated carbocycles. The van der Waals surface area contributed by atoms with Crippen molar-refractivity contribution in [3.8, 4) is 0 Å². The average molecular weight is 252 g/mol. The Morgan fingerprint density at radius 1 is 1.17 bits per heavy atom. The van der Waals surface area contributed by atoms with Gasteiger partial charge in [-0.1, -0.05) is 13.0 Å². The van der Waals surface area contributed by atoms with Gasteiger partial charge in [0, 0.05) is 19.3 Å². The van der Waals surface area contributed by atoms with Gasteiger partial charge in [-0.25, -0.2) is 0 Å². The van der Waals surface area contributed by atoms with Crippen LogP contribution in [0.5, 0.6) is 0 Å². The molecular weight excluding hydrogens is 228 g/mol. The maximum Gasteiger partial charge on any atom is 0.0889 e. The summed E-state index contributed by atoms with van der Waals surface area (Å²) in [5, 5.41) is 3.35. The Bertz CT molecular complexity index is 301. The van der Waals surface area contributed by atoms with Gasteiger partial charge in [-0.05, 0) is 31.5 Å². The Morgan fingerprint density at radius 2 is 2.00 bits per heavy atom. The fourth-order valence-corrected chi connectivity index (χ4v) is 1.49. The zero-order chi connectivity index (χ0) is 13.1. The predicted molar refractivity (Wildman–Crippen MR) is 72.4 cm³/mol. The Morgan fingerprint density at radius 3 is 2.67 bits per heavy atom. The lowest BCUT2D eigenvalue weighted by Gasteiger charge is -2.06. The van der Waals surface area contributed by atoms with Gasteiger partial charge >= 0.3 is 0 Å². The highest BCUT2D eigenvalue weighted by atomic mass is 16.5. The molecule has 0 atom stereocenters. The molecule has 4 heteroatoms. The van der Waals surface area contributed by atoms with Crippen LogP contribution in [0.1, 0.15) is 31.5 Å². The first-order chi connectivity index (χ1) is 8.86. The van der Waals surface area contributed by atoms with Crippen LogP contribution in [0, 0.1) is 0 Å². The number of hydrogen-bond donors (Lipinski definition) is 1. The molecule has 0 spiro atoms. The van der Waals surface area contributed by atoms with Crippen molar-refractivity contribution in [3.63, 3.8) is 0 Å². The van der Waals surface area contributed by atoms with Gasteiger partial charge in [-0.2, -0.15) is 0 Å². The average Bonchev–Trinajstić information content (AvgIpc) is 2.40. The van der Waals surface area contributed by atoms with Crippen LogP contribution in [-0.2, 0) is 22.6 Å². The largest absolute Gasteiger partial charge is 0.379 e. The summed E-state index contributed by atoms with van der Waals surface area (Å²) in [6.45, 7) is 8.62. The summed E-state index contributed by atoms with van der Waals surface area (Å²) >= 11 is 0. The number of nitrogens with one attached hydrogen (secondary N) is 1. The van der Waals surface area contributed by atoms with Crippen molar-refractivity contribution < 1.29 is 9.47 Å². The van der Waals surface area contributed by atoms with Crippen LogP contribution >= 0.6 is 0 Å². The summed E-state index contributed by atoms with van der Waals surface area (Å²) in [6.07, 6.45) is 3.06. The van der Waals surface area contributed by atoms with E-state index in [1.54, 1.807) is 0 Å². The number of nitrogens with zero attached hydrogens (tertiary/aromatic N) is 1. The summed E-state index contributed by atoms with van der Waals surface area (Å²) in [5.41, 5.74) is 2.17. The van der Waals surface area contributed by atoms with E-state index in [-0.39, 0.29) is 0 Å². The second kappa shape index (κ2) is 10.00. The molecule has 0 aliphatic rings. The first-order valence-electron chi connectivity index (χ1n) is 6.66. The minimum atomic E-state index is 0.551. The predicted octanol–water partition coefficient (Wildman–Crippen LogP) is 2.13. The molecule has 0 fully saturated rings. The molecule has 0 unspecified atom stereocenters. The monoisotopic (exact) mass is 252 g/mol. The number of rotatable bonds is 10. The Balaban J connectivity index is 2.19. The molecule has 1 heterocycles. The van der Waals surface area contributed by atoms with Crippen LogP contribution < -0.4 is 5.32 Å². The molecule has 102 valence electrons. The van der Waals surface area contributed by atoms with Crippen LogP contribution in [0.3, 0.4) is 0 Å². The van der Waals surface area contributed by atoms with Gasteiger partial charge < -0.3 is 14.8 Å². The van der Waals surface area contributed by atoms with Crippen molar-refractivity contribution in [1.29, 1.82) is 0 Å². The lowest BCUT2D eigenvalue weighted by molar-refractivity contribution is 0.0441. The highest BCUT2D eigenvalue weighted by Gasteiger charge is 1.97. The van der Waals surface area contributed by atoms with E-state index in [2.05, 4.69) is 23.3 Å². The first-order valence-corrected chi connectivity index (χ1v) is 6.66. The summed E-state index contributed by atoms with van der Waals surface area (Å²) < 4.78 is 10.6. The minimum absolute atomic E-state index is 0.551. The van der Waals surface area contributed by atoms with Crippen LogP contribution in [0.15, 0.2) is 18.3 Å². The molecule has 0 bridgehead atoms.